The lowest BCUT2D eigenvalue weighted by Crippen LogP contribution is -2.13. The molecule has 0 fully saturated rings. The fourth-order valence-corrected chi connectivity index (χ4v) is 4.20. The molecule has 2 nitrogen and oxygen atoms in total. The number of hydrogen-bond donors (Lipinski definition) is 0. The average molecular weight is 261 g/mol. The second-order valence-corrected chi connectivity index (χ2v) is 8.65. The van der Waals surface area contributed by atoms with Crippen LogP contribution in [0.1, 0.15) is 31.0 Å². The van der Waals surface area contributed by atoms with Gasteiger partial charge in [-0.05, 0) is 43.2 Å². The van der Waals surface area contributed by atoms with E-state index in [0.29, 0.717) is 5.92 Å². The van der Waals surface area contributed by atoms with Crippen molar-refractivity contribution in [1.29, 1.82) is 0 Å². The van der Waals surface area contributed by atoms with E-state index in [4.69, 9.17) is 0 Å². The molecule has 0 N–H and O–H groups in total. The zero-order valence-electron chi connectivity index (χ0n) is 11.7. The van der Waals surface area contributed by atoms with Gasteiger partial charge in [-0.3, -0.25) is 4.98 Å². The Balaban J connectivity index is 2.95. The number of nitrogens with zero attached hydrogens (tertiary/aromatic N) is 1. The quantitative estimate of drug-likeness (QED) is 0.767. The molecule has 0 unspecified atom stereocenters. The minimum atomic E-state index is -2.30. The maximum absolute atomic E-state index is 12.6. The average Bonchev–Trinajstić information content (AvgIpc) is 2.26. The van der Waals surface area contributed by atoms with Gasteiger partial charge in [0, 0.05) is 22.6 Å². The van der Waals surface area contributed by atoms with Crippen LogP contribution in [0.5, 0.6) is 0 Å². The standard InChI is InChI=1S/C15H20NOP/c1-10(2)12-6-7-13-11(3)16-9-8-14(13)15(12)18(4,5)17/h6-10H,1-5H3. The van der Waals surface area contributed by atoms with Crippen LogP contribution in [0.15, 0.2) is 24.4 Å². The Bertz CT molecular complexity index is 640. The molecule has 0 saturated carbocycles. The van der Waals surface area contributed by atoms with Crippen molar-refractivity contribution in [3.8, 4) is 0 Å². The van der Waals surface area contributed by atoms with E-state index >= 15 is 0 Å². The molecule has 1 aromatic carbocycles. The number of aryl methyl sites for hydroxylation is 1. The Morgan fingerprint density at radius 1 is 1.11 bits per heavy atom. The van der Waals surface area contributed by atoms with Crippen LogP contribution in [0.2, 0.25) is 0 Å². The number of benzene rings is 1. The number of fused-ring (bicyclic) bond motifs is 1. The molecule has 0 saturated heterocycles. The third-order valence-electron chi connectivity index (χ3n) is 3.31. The molecule has 0 atom stereocenters. The highest BCUT2D eigenvalue weighted by molar-refractivity contribution is 7.70. The summed E-state index contributed by atoms with van der Waals surface area (Å²) in [7, 11) is -2.30. The SMILES string of the molecule is Cc1nccc2c(P(C)(C)=O)c(C(C)C)ccc12. The Kier molecular flexibility index (Phi) is 3.33. The van der Waals surface area contributed by atoms with Gasteiger partial charge in [-0.1, -0.05) is 26.0 Å². The van der Waals surface area contributed by atoms with Crippen LogP contribution in [0.3, 0.4) is 0 Å². The molecule has 96 valence electrons. The van der Waals surface area contributed by atoms with E-state index in [1.807, 2.05) is 26.3 Å². The molecule has 0 spiro atoms. The highest BCUT2D eigenvalue weighted by Crippen LogP contribution is 2.41. The molecule has 2 aromatic rings. The van der Waals surface area contributed by atoms with Crippen molar-refractivity contribution in [3.05, 3.63) is 35.7 Å². The maximum Gasteiger partial charge on any atom is 0.110 e. The second-order valence-electron chi connectivity index (χ2n) is 5.50. The van der Waals surface area contributed by atoms with Gasteiger partial charge in [0.15, 0.2) is 0 Å². The molecule has 2 rings (SSSR count). The Labute approximate surface area is 109 Å². The van der Waals surface area contributed by atoms with Gasteiger partial charge in [0.1, 0.15) is 7.14 Å². The second kappa shape index (κ2) is 4.51. The predicted octanol–water partition coefficient (Wildman–Crippen LogP) is 3.91. The molecule has 3 heteroatoms. The third-order valence-corrected chi connectivity index (χ3v) is 4.88. The molecule has 0 aliphatic carbocycles. The fourth-order valence-electron chi connectivity index (χ4n) is 2.47. The van der Waals surface area contributed by atoms with Crippen LogP contribution in [0.4, 0.5) is 0 Å². The largest absolute Gasteiger partial charge is 0.319 e. The summed E-state index contributed by atoms with van der Waals surface area (Å²) < 4.78 is 12.6. The van der Waals surface area contributed by atoms with Crippen molar-refractivity contribution in [2.75, 3.05) is 13.3 Å². The van der Waals surface area contributed by atoms with Crippen molar-refractivity contribution in [1.82, 2.24) is 4.98 Å². The van der Waals surface area contributed by atoms with E-state index in [-0.39, 0.29) is 0 Å². The lowest BCUT2D eigenvalue weighted by atomic mass is 9.99. The summed E-state index contributed by atoms with van der Waals surface area (Å²) in [5, 5.41) is 3.24. The number of rotatable bonds is 2. The van der Waals surface area contributed by atoms with Crippen molar-refractivity contribution in [3.63, 3.8) is 0 Å². The fraction of sp³-hybridized carbons (Fsp3) is 0.400. The zero-order valence-corrected chi connectivity index (χ0v) is 12.6. The minimum absolute atomic E-state index is 0.381. The first-order chi connectivity index (χ1) is 8.32. The lowest BCUT2D eigenvalue weighted by molar-refractivity contribution is 0.588. The topological polar surface area (TPSA) is 30.0 Å². The van der Waals surface area contributed by atoms with Crippen molar-refractivity contribution in [2.24, 2.45) is 0 Å². The summed E-state index contributed by atoms with van der Waals surface area (Å²) in [6, 6.07) is 6.20. The van der Waals surface area contributed by atoms with E-state index in [1.165, 1.54) is 5.56 Å². The van der Waals surface area contributed by atoms with Crippen LogP contribution in [0, 0.1) is 6.92 Å². The molecule has 1 heterocycles. The van der Waals surface area contributed by atoms with E-state index in [0.717, 1.165) is 21.8 Å². The minimum Gasteiger partial charge on any atom is -0.319 e. The van der Waals surface area contributed by atoms with Crippen LogP contribution in [-0.2, 0) is 4.57 Å². The van der Waals surface area contributed by atoms with Crippen molar-refractivity contribution < 1.29 is 4.57 Å². The lowest BCUT2D eigenvalue weighted by Gasteiger charge is -2.19. The Hall–Kier alpha value is -1.14. The highest BCUT2D eigenvalue weighted by Gasteiger charge is 2.21. The molecule has 0 aliphatic heterocycles. The van der Waals surface area contributed by atoms with Gasteiger partial charge in [-0.15, -0.1) is 0 Å². The number of hydrogen-bond acceptors (Lipinski definition) is 2. The van der Waals surface area contributed by atoms with E-state index in [9.17, 15) is 4.57 Å². The van der Waals surface area contributed by atoms with Crippen LogP contribution < -0.4 is 5.30 Å². The van der Waals surface area contributed by atoms with Gasteiger partial charge in [0.05, 0.1) is 0 Å². The van der Waals surface area contributed by atoms with Crippen LogP contribution >= 0.6 is 7.14 Å². The predicted molar refractivity (Wildman–Crippen MR) is 79.7 cm³/mol. The summed E-state index contributed by atoms with van der Waals surface area (Å²) in [5.41, 5.74) is 2.19. The van der Waals surface area contributed by atoms with Gasteiger partial charge in [-0.25, -0.2) is 0 Å². The van der Waals surface area contributed by atoms with Crippen molar-refractivity contribution in [2.45, 2.75) is 26.7 Å². The summed E-state index contributed by atoms with van der Waals surface area (Å²) in [4.78, 5) is 4.32. The molecule has 0 radical (unpaired) electrons. The Morgan fingerprint density at radius 3 is 2.33 bits per heavy atom. The molecular weight excluding hydrogens is 241 g/mol. The smallest absolute Gasteiger partial charge is 0.110 e. The first kappa shape index (κ1) is 13.3. The third kappa shape index (κ3) is 2.22. The van der Waals surface area contributed by atoms with Gasteiger partial charge >= 0.3 is 0 Å². The van der Waals surface area contributed by atoms with Crippen LogP contribution in [-0.4, -0.2) is 18.3 Å². The molecule has 1 aromatic heterocycles. The summed E-state index contributed by atoms with van der Waals surface area (Å²) in [6.07, 6.45) is 1.81. The molecule has 0 aliphatic rings. The zero-order chi connectivity index (χ0) is 13.5. The summed E-state index contributed by atoms with van der Waals surface area (Å²) in [6.45, 7) is 9.99. The summed E-state index contributed by atoms with van der Waals surface area (Å²) in [5.74, 6) is 0.381. The number of pyridine rings is 1. The molecular formula is C15H20NOP. The highest BCUT2D eigenvalue weighted by atomic mass is 31.2. The first-order valence-corrected chi connectivity index (χ1v) is 8.86. The number of aromatic nitrogens is 1. The molecule has 0 bridgehead atoms. The van der Waals surface area contributed by atoms with E-state index in [2.05, 4.69) is 31.0 Å². The van der Waals surface area contributed by atoms with Crippen molar-refractivity contribution >= 4 is 23.2 Å². The van der Waals surface area contributed by atoms with Gasteiger partial charge < -0.3 is 4.57 Å². The maximum atomic E-state index is 12.6. The van der Waals surface area contributed by atoms with Gasteiger partial charge in [-0.2, -0.15) is 0 Å². The molecule has 0 amide bonds. The van der Waals surface area contributed by atoms with E-state index < -0.39 is 7.14 Å². The molecule has 18 heavy (non-hydrogen) atoms. The van der Waals surface area contributed by atoms with Gasteiger partial charge in [0.25, 0.3) is 0 Å². The van der Waals surface area contributed by atoms with E-state index in [1.54, 1.807) is 6.20 Å². The van der Waals surface area contributed by atoms with Gasteiger partial charge in [0.2, 0.25) is 0 Å². The normalized spacial score (nSPS) is 12.3. The monoisotopic (exact) mass is 261 g/mol. The Morgan fingerprint density at radius 2 is 1.78 bits per heavy atom. The van der Waals surface area contributed by atoms with Crippen LogP contribution in [0.25, 0.3) is 10.8 Å². The summed E-state index contributed by atoms with van der Waals surface area (Å²) >= 11 is 0. The first-order valence-electron chi connectivity index (χ1n) is 6.26.